The van der Waals surface area contributed by atoms with Crippen molar-refractivity contribution in [1.29, 1.82) is 0 Å². The van der Waals surface area contributed by atoms with Gasteiger partial charge in [-0.3, -0.25) is 8.89 Å². The van der Waals surface area contributed by atoms with Crippen LogP contribution in [0.3, 0.4) is 0 Å². The van der Waals surface area contributed by atoms with Crippen molar-refractivity contribution in [3.63, 3.8) is 0 Å². The monoisotopic (exact) mass is 292 g/mol. The SMILES string of the molecule is CCn1nc(C)cc1CS(=O)c1cccc(C(=O)O)c1. The summed E-state index contributed by atoms with van der Waals surface area (Å²) in [5, 5.41) is 13.3. The fraction of sp³-hybridized carbons (Fsp3) is 0.286. The molecule has 6 heteroatoms. The number of aromatic nitrogens is 2. The Labute approximate surface area is 119 Å². The lowest BCUT2D eigenvalue weighted by atomic mass is 10.2. The average molecular weight is 292 g/mol. The highest BCUT2D eigenvalue weighted by Gasteiger charge is 2.12. The van der Waals surface area contributed by atoms with Crippen molar-refractivity contribution in [1.82, 2.24) is 9.78 Å². The predicted molar refractivity (Wildman–Crippen MR) is 76.2 cm³/mol. The number of nitrogens with zero attached hydrogens (tertiary/aromatic N) is 2. The van der Waals surface area contributed by atoms with Crippen LogP contribution >= 0.6 is 0 Å². The number of carboxylic acid groups (broad SMARTS) is 1. The van der Waals surface area contributed by atoms with Crippen LogP contribution in [0.1, 0.15) is 28.7 Å². The Morgan fingerprint density at radius 2 is 2.15 bits per heavy atom. The van der Waals surface area contributed by atoms with Gasteiger partial charge in [0.1, 0.15) is 0 Å². The maximum atomic E-state index is 12.3. The minimum atomic E-state index is -1.28. The molecular formula is C14H16N2O3S. The van der Waals surface area contributed by atoms with Crippen LogP contribution in [0.4, 0.5) is 0 Å². The molecular weight excluding hydrogens is 276 g/mol. The fourth-order valence-electron chi connectivity index (χ4n) is 1.98. The van der Waals surface area contributed by atoms with E-state index in [1.807, 2.05) is 24.6 Å². The summed E-state index contributed by atoms with van der Waals surface area (Å²) in [6, 6.07) is 8.14. The van der Waals surface area contributed by atoms with Crippen LogP contribution in [0.5, 0.6) is 0 Å². The first kappa shape index (κ1) is 14.5. The van der Waals surface area contributed by atoms with Gasteiger partial charge in [0.15, 0.2) is 0 Å². The molecule has 0 spiro atoms. The smallest absolute Gasteiger partial charge is 0.335 e. The van der Waals surface area contributed by atoms with Gasteiger partial charge in [-0.25, -0.2) is 4.79 Å². The summed E-state index contributed by atoms with van der Waals surface area (Å²) in [5.74, 6) is -0.684. The Hall–Kier alpha value is -1.95. The number of benzene rings is 1. The molecule has 106 valence electrons. The number of hydrogen-bond acceptors (Lipinski definition) is 3. The van der Waals surface area contributed by atoms with Gasteiger partial charge in [-0.1, -0.05) is 6.07 Å². The first-order valence-corrected chi connectivity index (χ1v) is 7.58. The molecule has 2 rings (SSSR count). The molecule has 0 saturated heterocycles. The Bertz CT molecular complexity index is 664. The normalized spacial score (nSPS) is 12.3. The minimum absolute atomic E-state index is 0.149. The van der Waals surface area contributed by atoms with Crippen molar-refractivity contribution >= 4 is 16.8 Å². The highest BCUT2D eigenvalue weighted by molar-refractivity contribution is 7.84. The third-order valence-electron chi connectivity index (χ3n) is 2.91. The van der Waals surface area contributed by atoms with Gasteiger partial charge in [0, 0.05) is 11.4 Å². The lowest BCUT2D eigenvalue weighted by Gasteiger charge is -2.05. The number of carboxylic acids is 1. The van der Waals surface area contributed by atoms with E-state index in [-0.39, 0.29) is 5.56 Å². The molecule has 0 fully saturated rings. The van der Waals surface area contributed by atoms with Crippen LogP contribution < -0.4 is 0 Å². The summed E-state index contributed by atoms with van der Waals surface area (Å²) in [4.78, 5) is 11.4. The number of rotatable bonds is 5. The molecule has 0 amide bonds. The molecule has 0 aliphatic carbocycles. The van der Waals surface area contributed by atoms with Gasteiger partial charge in [0.2, 0.25) is 0 Å². The van der Waals surface area contributed by atoms with Gasteiger partial charge < -0.3 is 5.11 Å². The molecule has 20 heavy (non-hydrogen) atoms. The molecule has 0 bridgehead atoms. The van der Waals surface area contributed by atoms with Gasteiger partial charge in [0.05, 0.1) is 33.5 Å². The molecule has 1 aromatic carbocycles. The van der Waals surface area contributed by atoms with Crippen LogP contribution in [-0.2, 0) is 23.1 Å². The first-order valence-electron chi connectivity index (χ1n) is 6.26. The second-order valence-electron chi connectivity index (χ2n) is 4.42. The molecule has 5 nitrogen and oxygen atoms in total. The summed E-state index contributed by atoms with van der Waals surface area (Å²) in [6.07, 6.45) is 0. The van der Waals surface area contributed by atoms with Crippen LogP contribution in [-0.4, -0.2) is 25.1 Å². The second kappa shape index (κ2) is 6.00. The number of aromatic carboxylic acids is 1. The summed E-state index contributed by atoms with van der Waals surface area (Å²) < 4.78 is 14.2. The Morgan fingerprint density at radius 1 is 1.40 bits per heavy atom. The molecule has 1 aromatic heterocycles. The zero-order valence-electron chi connectivity index (χ0n) is 11.4. The van der Waals surface area contributed by atoms with Crippen molar-refractivity contribution in [2.75, 3.05) is 0 Å². The predicted octanol–water partition coefficient (Wildman–Crippen LogP) is 2.22. The van der Waals surface area contributed by atoms with Crippen molar-refractivity contribution in [2.24, 2.45) is 0 Å². The minimum Gasteiger partial charge on any atom is -0.478 e. The second-order valence-corrected chi connectivity index (χ2v) is 5.87. The highest BCUT2D eigenvalue weighted by Crippen LogP contribution is 2.15. The van der Waals surface area contributed by atoms with Crippen LogP contribution in [0.15, 0.2) is 35.2 Å². The van der Waals surface area contributed by atoms with Crippen LogP contribution in [0, 0.1) is 6.92 Å². The zero-order valence-corrected chi connectivity index (χ0v) is 12.2. The quantitative estimate of drug-likeness (QED) is 0.917. The lowest BCUT2D eigenvalue weighted by molar-refractivity contribution is 0.0696. The Balaban J connectivity index is 2.23. The van der Waals surface area contributed by atoms with E-state index in [4.69, 9.17) is 5.11 Å². The summed E-state index contributed by atoms with van der Waals surface area (Å²) in [6.45, 7) is 4.59. The average Bonchev–Trinajstić information content (AvgIpc) is 2.78. The van der Waals surface area contributed by atoms with Gasteiger partial charge in [0.25, 0.3) is 0 Å². The van der Waals surface area contributed by atoms with E-state index in [1.165, 1.54) is 12.1 Å². The molecule has 1 N–H and O–H groups in total. The first-order chi connectivity index (χ1) is 9.51. The summed E-state index contributed by atoms with van der Waals surface area (Å²) in [5.41, 5.74) is 1.93. The zero-order chi connectivity index (χ0) is 14.7. The van der Waals surface area contributed by atoms with Crippen molar-refractivity contribution in [3.8, 4) is 0 Å². The molecule has 2 aromatic rings. The highest BCUT2D eigenvalue weighted by atomic mass is 32.2. The van der Waals surface area contributed by atoms with E-state index in [0.717, 1.165) is 17.9 Å². The number of carbonyl (C=O) groups is 1. The molecule has 0 aliphatic heterocycles. The van der Waals surface area contributed by atoms with E-state index >= 15 is 0 Å². The van der Waals surface area contributed by atoms with E-state index in [0.29, 0.717) is 10.6 Å². The van der Waals surface area contributed by atoms with Gasteiger partial charge in [-0.2, -0.15) is 5.10 Å². The van der Waals surface area contributed by atoms with Crippen LogP contribution in [0.25, 0.3) is 0 Å². The van der Waals surface area contributed by atoms with Gasteiger partial charge >= 0.3 is 5.97 Å². The van der Waals surface area contributed by atoms with E-state index in [1.54, 1.807) is 12.1 Å². The molecule has 1 unspecified atom stereocenters. The van der Waals surface area contributed by atoms with Crippen molar-refractivity contribution in [3.05, 3.63) is 47.3 Å². The van der Waals surface area contributed by atoms with E-state index in [9.17, 15) is 9.00 Å². The van der Waals surface area contributed by atoms with Crippen molar-refractivity contribution in [2.45, 2.75) is 31.0 Å². The van der Waals surface area contributed by atoms with Gasteiger partial charge in [-0.05, 0) is 38.1 Å². The molecule has 1 heterocycles. The Kier molecular flexibility index (Phi) is 4.34. The maximum absolute atomic E-state index is 12.3. The molecule has 1 atom stereocenters. The number of aryl methyl sites for hydroxylation is 2. The standard InChI is InChI=1S/C14H16N2O3S/c1-3-16-12(7-10(2)15-16)9-20(19)13-6-4-5-11(8-13)14(17)18/h4-8H,3,9H2,1-2H3,(H,17,18). The number of hydrogen-bond donors (Lipinski definition) is 1. The van der Waals surface area contributed by atoms with E-state index < -0.39 is 16.8 Å². The molecule has 0 saturated carbocycles. The molecule has 0 radical (unpaired) electrons. The van der Waals surface area contributed by atoms with Gasteiger partial charge in [-0.15, -0.1) is 0 Å². The fourth-order valence-corrected chi connectivity index (χ4v) is 3.13. The summed E-state index contributed by atoms with van der Waals surface area (Å²) >= 11 is 0. The van der Waals surface area contributed by atoms with Crippen LogP contribution in [0.2, 0.25) is 0 Å². The molecule has 0 aliphatic rings. The third-order valence-corrected chi connectivity index (χ3v) is 4.25. The lowest BCUT2D eigenvalue weighted by Crippen LogP contribution is -2.06. The maximum Gasteiger partial charge on any atom is 0.335 e. The summed E-state index contributed by atoms with van der Waals surface area (Å²) in [7, 11) is -1.28. The largest absolute Gasteiger partial charge is 0.478 e. The van der Waals surface area contributed by atoms with Crippen molar-refractivity contribution < 1.29 is 14.1 Å². The van der Waals surface area contributed by atoms with E-state index in [2.05, 4.69) is 5.10 Å². The topological polar surface area (TPSA) is 72.2 Å². The third kappa shape index (κ3) is 3.14. The Morgan fingerprint density at radius 3 is 2.80 bits per heavy atom.